The first-order valence-corrected chi connectivity index (χ1v) is 9.43. The number of thioether (sulfide) groups is 1. The SMILES string of the molecule is CCOC(=O)CC1(C)Nc2cccc(N)c2C1Sc1ccc(Cl)cc1. The summed E-state index contributed by atoms with van der Waals surface area (Å²) in [7, 11) is 0. The van der Waals surface area contributed by atoms with Crippen molar-refractivity contribution in [2.75, 3.05) is 17.7 Å². The standard InChI is InChI=1S/C19H21ClN2O2S/c1-3-24-16(23)11-19(2)18(25-13-9-7-12(20)8-10-13)17-14(21)5-4-6-15(17)22-19/h4-10,18,22H,3,11,21H2,1-2H3. The lowest BCUT2D eigenvalue weighted by molar-refractivity contribution is -0.144. The van der Waals surface area contributed by atoms with Gasteiger partial charge in [-0.25, -0.2) is 0 Å². The van der Waals surface area contributed by atoms with Crippen molar-refractivity contribution in [3.63, 3.8) is 0 Å². The van der Waals surface area contributed by atoms with Crippen molar-refractivity contribution in [3.05, 3.63) is 53.1 Å². The Labute approximate surface area is 157 Å². The number of rotatable bonds is 5. The molecule has 0 fully saturated rings. The lowest BCUT2D eigenvalue weighted by Gasteiger charge is -2.31. The molecule has 0 saturated heterocycles. The monoisotopic (exact) mass is 376 g/mol. The third kappa shape index (κ3) is 3.72. The molecule has 1 heterocycles. The highest BCUT2D eigenvalue weighted by atomic mass is 35.5. The number of anilines is 2. The van der Waals surface area contributed by atoms with Crippen molar-refractivity contribution >= 4 is 40.7 Å². The third-order valence-electron chi connectivity index (χ3n) is 4.29. The molecule has 4 nitrogen and oxygen atoms in total. The highest BCUT2D eigenvalue weighted by molar-refractivity contribution is 7.99. The van der Waals surface area contributed by atoms with Gasteiger partial charge in [-0.3, -0.25) is 4.79 Å². The van der Waals surface area contributed by atoms with Crippen LogP contribution in [0.15, 0.2) is 47.4 Å². The number of ether oxygens (including phenoxy) is 1. The van der Waals surface area contributed by atoms with Gasteiger partial charge in [0.2, 0.25) is 0 Å². The van der Waals surface area contributed by atoms with E-state index in [1.165, 1.54) is 0 Å². The fourth-order valence-corrected chi connectivity index (χ4v) is 4.64. The first-order chi connectivity index (χ1) is 11.9. The number of nitrogen functional groups attached to an aromatic ring is 1. The number of hydrogen-bond acceptors (Lipinski definition) is 5. The van der Waals surface area contributed by atoms with Crippen LogP contribution in [0.2, 0.25) is 5.02 Å². The largest absolute Gasteiger partial charge is 0.466 e. The van der Waals surface area contributed by atoms with Crippen LogP contribution in [0.1, 0.15) is 31.1 Å². The number of hydrogen-bond donors (Lipinski definition) is 2. The van der Waals surface area contributed by atoms with Crippen molar-refractivity contribution in [3.8, 4) is 0 Å². The molecule has 0 aliphatic carbocycles. The second kappa shape index (κ2) is 7.18. The van der Waals surface area contributed by atoms with E-state index in [9.17, 15) is 4.79 Å². The Hall–Kier alpha value is -1.85. The zero-order valence-corrected chi connectivity index (χ0v) is 15.8. The van der Waals surface area contributed by atoms with Crippen LogP contribution in [0.4, 0.5) is 11.4 Å². The van der Waals surface area contributed by atoms with Crippen LogP contribution in [0.3, 0.4) is 0 Å². The Morgan fingerprint density at radius 1 is 1.32 bits per heavy atom. The second-order valence-corrected chi connectivity index (χ2v) is 7.90. The lowest BCUT2D eigenvalue weighted by Crippen LogP contribution is -2.38. The molecule has 6 heteroatoms. The summed E-state index contributed by atoms with van der Waals surface area (Å²) in [5, 5.41) is 4.17. The van der Waals surface area contributed by atoms with Crippen molar-refractivity contribution in [2.24, 2.45) is 0 Å². The van der Waals surface area contributed by atoms with Gasteiger partial charge >= 0.3 is 5.97 Å². The lowest BCUT2D eigenvalue weighted by atomic mass is 9.92. The molecule has 3 N–H and O–H groups in total. The molecule has 0 aromatic heterocycles. The molecule has 0 radical (unpaired) electrons. The van der Waals surface area contributed by atoms with Crippen molar-refractivity contribution < 1.29 is 9.53 Å². The number of nitrogens with one attached hydrogen (secondary N) is 1. The maximum atomic E-state index is 12.2. The van der Waals surface area contributed by atoms with Gasteiger partial charge in [-0.15, -0.1) is 11.8 Å². The molecule has 2 aromatic carbocycles. The molecule has 0 saturated carbocycles. The Kier molecular flexibility index (Phi) is 5.16. The summed E-state index contributed by atoms with van der Waals surface area (Å²) in [6.45, 7) is 4.23. The Balaban J connectivity index is 1.96. The van der Waals surface area contributed by atoms with Gasteiger partial charge in [0.1, 0.15) is 0 Å². The van der Waals surface area contributed by atoms with Gasteiger partial charge in [0.25, 0.3) is 0 Å². The van der Waals surface area contributed by atoms with Crippen LogP contribution < -0.4 is 11.1 Å². The fourth-order valence-electron chi connectivity index (χ4n) is 3.16. The third-order valence-corrected chi connectivity index (χ3v) is 6.07. The van der Waals surface area contributed by atoms with Crippen molar-refractivity contribution in [1.82, 2.24) is 0 Å². The normalized spacial score (nSPS) is 21.5. The zero-order valence-electron chi connectivity index (χ0n) is 14.2. The molecule has 1 aliphatic rings. The van der Waals surface area contributed by atoms with E-state index in [1.807, 2.05) is 56.3 Å². The van der Waals surface area contributed by atoms with E-state index in [4.69, 9.17) is 22.1 Å². The highest BCUT2D eigenvalue weighted by Gasteiger charge is 2.45. The number of carbonyl (C=O) groups is 1. The van der Waals surface area contributed by atoms with E-state index < -0.39 is 5.54 Å². The molecule has 132 valence electrons. The zero-order chi connectivity index (χ0) is 18.0. The van der Waals surface area contributed by atoms with Crippen molar-refractivity contribution in [1.29, 1.82) is 0 Å². The summed E-state index contributed by atoms with van der Waals surface area (Å²) >= 11 is 7.67. The summed E-state index contributed by atoms with van der Waals surface area (Å²) in [4.78, 5) is 13.2. The Morgan fingerprint density at radius 3 is 2.72 bits per heavy atom. The molecule has 3 rings (SSSR count). The quantitative estimate of drug-likeness (QED) is 0.574. The highest BCUT2D eigenvalue weighted by Crippen LogP contribution is 2.54. The molecule has 2 aromatic rings. The van der Waals surface area contributed by atoms with Gasteiger partial charge in [0, 0.05) is 26.9 Å². The maximum absolute atomic E-state index is 12.2. The molecule has 2 atom stereocenters. The van der Waals surface area contributed by atoms with Crippen LogP contribution in [0, 0.1) is 0 Å². The van der Waals surface area contributed by atoms with E-state index in [0.717, 1.165) is 21.8 Å². The minimum atomic E-state index is -0.492. The number of benzene rings is 2. The molecule has 25 heavy (non-hydrogen) atoms. The number of esters is 1. The molecule has 0 bridgehead atoms. The number of carbonyl (C=O) groups excluding carboxylic acids is 1. The van der Waals surface area contributed by atoms with Crippen LogP contribution in [-0.4, -0.2) is 18.1 Å². The predicted molar refractivity (Wildman–Crippen MR) is 104 cm³/mol. The van der Waals surface area contributed by atoms with Crippen LogP contribution in [0.25, 0.3) is 0 Å². The van der Waals surface area contributed by atoms with E-state index in [0.29, 0.717) is 11.6 Å². The minimum Gasteiger partial charge on any atom is -0.466 e. The summed E-state index contributed by atoms with van der Waals surface area (Å²) in [6, 6.07) is 13.5. The average Bonchev–Trinajstić information content (AvgIpc) is 2.82. The molecule has 0 spiro atoms. The van der Waals surface area contributed by atoms with Gasteiger partial charge in [0.15, 0.2) is 0 Å². The Bertz CT molecular complexity index is 781. The van der Waals surface area contributed by atoms with Gasteiger partial charge in [0.05, 0.1) is 23.8 Å². The van der Waals surface area contributed by atoms with Gasteiger partial charge in [-0.1, -0.05) is 17.7 Å². The van der Waals surface area contributed by atoms with Gasteiger partial charge in [-0.05, 0) is 50.2 Å². The maximum Gasteiger partial charge on any atom is 0.308 e. The minimum absolute atomic E-state index is 0.0192. The predicted octanol–water partition coefficient (Wildman–Crippen LogP) is 4.89. The Morgan fingerprint density at radius 2 is 2.04 bits per heavy atom. The van der Waals surface area contributed by atoms with E-state index in [1.54, 1.807) is 11.8 Å². The second-order valence-electron chi connectivity index (χ2n) is 6.28. The topological polar surface area (TPSA) is 64.3 Å². The van der Waals surface area contributed by atoms with Gasteiger partial charge in [-0.2, -0.15) is 0 Å². The van der Waals surface area contributed by atoms with E-state index >= 15 is 0 Å². The summed E-state index contributed by atoms with van der Waals surface area (Å²) in [5.41, 5.74) is 8.50. The number of halogens is 1. The first kappa shape index (κ1) is 18.0. The van der Waals surface area contributed by atoms with Crippen LogP contribution in [0.5, 0.6) is 0 Å². The number of nitrogens with two attached hydrogens (primary N) is 1. The van der Waals surface area contributed by atoms with E-state index in [-0.39, 0.29) is 17.6 Å². The summed E-state index contributed by atoms with van der Waals surface area (Å²) < 4.78 is 5.18. The molecule has 0 amide bonds. The van der Waals surface area contributed by atoms with Gasteiger partial charge < -0.3 is 15.8 Å². The summed E-state index contributed by atoms with van der Waals surface area (Å²) in [5.74, 6) is -0.217. The van der Waals surface area contributed by atoms with Crippen molar-refractivity contribution in [2.45, 2.75) is 36.0 Å². The summed E-state index contributed by atoms with van der Waals surface area (Å²) in [6.07, 6.45) is 0.264. The molecule has 2 unspecified atom stereocenters. The smallest absolute Gasteiger partial charge is 0.308 e. The van der Waals surface area contributed by atoms with E-state index in [2.05, 4.69) is 5.32 Å². The first-order valence-electron chi connectivity index (χ1n) is 8.17. The molecular formula is C19H21ClN2O2S. The molecular weight excluding hydrogens is 356 g/mol. The van der Waals surface area contributed by atoms with Crippen LogP contribution >= 0.6 is 23.4 Å². The number of fused-ring (bicyclic) bond motifs is 1. The molecule has 1 aliphatic heterocycles. The fraction of sp³-hybridized carbons (Fsp3) is 0.316. The average molecular weight is 377 g/mol. The van der Waals surface area contributed by atoms with Crippen LogP contribution in [-0.2, 0) is 9.53 Å².